The Balaban J connectivity index is 2.02. The summed E-state index contributed by atoms with van der Waals surface area (Å²) >= 11 is 5.66. The highest BCUT2D eigenvalue weighted by Gasteiger charge is 2.42. The Bertz CT molecular complexity index is 585. The molecule has 2 fully saturated rings. The minimum absolute atomic E-state index is 0.0639. The van der Waals surface area contributed by atoms with E-state index in [0.717, 1.165) is 6.42 Å². The van der Waals surface area contributed by atoms with Crippen molar-refractivity contribution in [3.63, 3.8) is 0 Å². The second-order valence-corrected chi connectivity index (χ2v) is 7.36. The van der Waals surface area contributed by atoms with Crippen molar-refractivity contribution in [2.75, 3.05) is 26.1 Å². The third-order valence-corrected chi connectivity index (χ3v) is 5.40. The molecule has 27 heavy (non-hydrogen) atoms. The van der Waals surface area contributed by atoms with Gasteiger partial charge in [0.2, 0.25) is 17.7 Å². The van der Waals surface area contributed by atoms with E-state index in [4.69, 9.17) is 11.6 Å². The van der Waals surface area contributed by atoms with Gasteiger partial charge in [-0.1, -0.05) is 0 Å². The molecule has 0 unspecified atom stereocenters. The van der Waals surface area contributed by atoms with E-state index in [1.165, 1.54) is 7.11 Å². The Morgan fingerprint density at radius 1 is 1.11 bits per heavy atom. The maximum atomic E-state index is 13.1. The second kappa shape index (κ2) is 9.92. The smallest absolute Gasteiger partial charge is 0.328 e. The van der Waals surface area contributed by atoms with Crippen LogP contribution in [0, 0.1) is 0 Å². The Morgan fingerprint density at radius 2 is 1.74 bits per heavy atom. The number of nitrogens with zero attached hydrogens (tertiary/aromatic N) is 2. The van der Waals surface area contributed by atoms with Crippen LogP contribution in [0.4, 0.5) is 0 Å². The van der Waals surface area contributed by atoms with Crippen LogP contribution in [-0.4, -0.2) is 77.7 Å². The average Bonchev–Trinajstić information content (AvgIpc) is 3.34. The second-order valence-electron chi connectivity index (χ2n) is 6.98. The Hall–Kier alpha value is -1.83. The van der Waals surface area contributed by atoms with Crippen LogP contribution in [0.15, 0.2) is 0 Å². The first-order valence-electron chi connectivity index (χ1n) is 9.44. The summed E-state index contributed by atoms with van der Waals surface area (Å²) in [6.45, 7) is 2.57. The summed E-state index contributed by atoms with van der Waals surface area (Å²) in [6, 6.07) is -1.91. The highest BCUT2D eigenvalue weighted by molar-refractivity contribution is 6.17. The zero-order valence-corrected chi connectivity index (χ0v) is 16.7. The fourth-order valence-corrected chi connectivity index (χ4v) is 3.86. The van der Waals surface area contributed by atoms with Crippen LogP contribution in [0.2, 0.25) is 0 Å². The molecule has 0 saturated carbocycles. The number of rotatable bonds is 7. The predicted octanol–water partition coefficient (Wildman–Crippen LogP) is 0.665. The zero-order valence-electron chi connectivity index (χ0n) is 15.9. The van der Waals surface area contributed by atoms with Gasteiger partial charge in [-0.15, -0.1) is 11.6 Å². The van der Waals surface area contributed by atoms with E-state index in [-0.39, 0.29) is 17.7 Å². The molecule has 0 aliphatic carbocycles. The Kier molecular flexibility index (Phi) is 7.89. The lowest BCUT2D eigenvalue weighted by Gasteiger charge is -2.31. The third-order valence-electron chi connectivity index (χ3n) is 5.13. The van der Waals surface area contributed by atoms with Crippen molar-refractivity contribution >= 4 is 35.3 Å². The molecule has 0 radical (unpaired) electrons. The van der Waals surface area contributed by atoms with Gasteiger partial charge in [0.1, 0.15) is 18.1 Å². The molecule has 0 aromatic rings. The van der Waals surface area contributed by atoms with E-state index in [1.54, 1.807) is 16.7 Å². The molecule has 9 heteroatoms. The van der Waals surface area contributed by atoms with Crippen molar-refractivity contribution < 1.29 is 23.9 Å². The van der Waals surface area contributed by atoms with Gasteiger partial charge in [0.05, 0.1) is 7.11 Å². The van der Waals surface area contributed by atoms with E-state index in [1.807, 2.05) is 0 Å². The van der Waals surface area contributed by atoms with Crippen molar-refractivity contribution in [1.82, 2.24) is 15.1 Å². The number of carbonyl (C=O) groups excluding carboxylic acids is 4. The Morgan fingerprint density at radius 3 is 2.37 bits per heavy atom. The molecule has 0 aromatic carbocycles. The van der Waals surface area contributed by atoms with E-state index < -0.39 is 24.1 Å². The molecule has 0 bridgehead atoms. The van der Waals surface area contributed by atoms with Crippen LogP contribution < -0.4 is 5.32 Å². The van der Waals surface area contributed by atoms with Crippen LogP contribution in [0.1, 0.15) is 45.4 Å². The van der Waals surface area contributed by atoms with Crippen molar-refractivity contribution in [2.24, 2.45) is 0 Å². The maximum Gasteiger partial charge on any atom is 0.328 e. The lowest BCUT2D eigenvalue weighted by atomic mass is 10.1. The summed E-state index contributed by atoms with van der Waals surface area (Å²) in [6.07, 6.45) is 3.54. The number of hydrogen-bond acceptors (Lipinski definition) is 5. The van der Waals surface area contributed by atoms with Gasteiger partial charge >= 0.3 is 5.97 Å². The number of ether oxygens (including phenoxy) is 1. The fourth-order valence-electron chi connectivity index (χ4n) is 3.72. The molecule has 2 rings (SSSR count). The summed E-state index contributed by atoms with van der Waals surface area (Å²) in [4.78, 5) is 52.7. The van der Waals surface area contributed by atoms with Gasteiger partial charge in [0.25, 0.3) is 0 Å². The number of nitrogens with one attached hydrogen (secondary N) is 1. The van der Waals surface area contributed by atoms with Crippen LogP contribution in [-0.2, 0) is 23.9 Å². The van der Waals surface area contributed by atoms with E-state index in [2.05, 4.69) is 10.1 Å². The molecule has 1 N–H and O–H groups in total. The van der Waals surface area contributed by atoms with Crippen molar-refractivity contribution in [1.29, 1.82) is 0 Å². The highest BCUT2D eigenvalue weighted by Crippen LogP contribution is 2.25. The number of carbonyl (C=O) groups is 4. The van der Waals surface area contributed by atoms with Gasteiger partial charge in [-0.05, 0) is 39.0 Å². The first-order valence-corrected chi connectivity index (χ1v) is 9.98. The predicted molar refractivity (Wildman–Crippen MR) is 99.0 cm³/mol. The van der Waals surface area contributed by atoms with Crippen molar-refractivity contribution in [3.05, 3.63) is 0 Å². The molecule has 3 atom stereocenters. The normalized spacial score (nSPS) is 23.2. The molecule has 2 aliphatic rings. The zero-order chi connectivity index (χ0) is 20.0. The minimum atomic E-state index is -0.778. The largest absolute Gasteiger partial charge is 0.467 e. The van der Waals surface area contributed by atoms with Crippen LogP contribution in [0.25, 0.3) is 0 Å². The van der Waals surface area contributed by atoms with Crippen LogP contribution in [0.3, 0.4) is 0 Å². The van der Waals surface area contributed by atoms with Gasteiger partial charge in [0, 0.05) is 25.4 Å². The molecule has 2 aliphatic heterocycles. The van der Waals surface area contributed by atoms with Crippen molar-refractivity contribution in [3.8, 4) is 0 Å². The van der Waals surface area contributed by atoms with Gasteiger partial charge in [-0.25, -0.2) is 4.79 Å². The highest BCUT2D eigenvalue weighted by atomic mass is 35.5. The average molecular weight is 402 g/mol. The first kappa shape index (κ1) is 21.5. The standard InChI is InChI=1S/C18H28ClN3O5/c1-12(18(26)27-2)20-16(24)13-6-4-11-22(13)17(25)14-7-5-10-21(14)15(23)8-3-9-19/h12-14H,3-11H2,1-2H3,(H,20,24)/t12-,13-,14-/m0/s1. The van der Waals surface area contributed by atoms with Gasteiger partial charge in [-0.3, -0.25) is 14.4 Å². The SMILES string of the molecule is COC(=O)[C@H](C)NC(=O)[C@@H]1CCCN1C(=O)[C@@H]1CCCN1C(=O)CCCCl. The number of esters is 1. The lowest BCUT2D eigenvalue weighted by molar-refractivity contribution is -0.148. The number of halogens is 1. The minimum Gasteiger partial charge on any atom is -0.467 e. The molecule has 2 saturated heterocycles. The summed E-state index contributed by atoms with van der Waals surface area (Å²) in [5, 5.41) is 2.61. The lowest BCUT2D eigenvalue weighted by Crippen LogP contribution is -2.54. The monoisotopic (exact) mass is 401 g/mol. The van der Waals surface area contributed by atoms with Crippen molar-refractivity contribution in [2.45, 2.75) is 63.6 Å². The van der Waals surface area contributed by atoms with Crippen LogP contribution in [0.5, 0.6) is 0 Å². The Labute approximate surface area is 164 Å². The molecule has 0 spiro atoms. The molecule has 152 valence electrons. The van der Waals surface area contributed by atoms with E-state index >= 15 is 0 Å². The molecular weight excluding hydrogens is 374 g/mol. The third kappa shape index (κ3) is 5.12. The molecule has 8 nitrogen and oxygen atoms in total. The summed E-state index contributed by atoms with van der Waals surface area (Å²) in [5.74, 6) is -0.741. The van der Waals surface area contributed by atoms with Gasteiger partial charge in [-0.2, -0.15) is 0 Å². The number of methoxy groups -OCH3 is 1. The molecule has 0 aromatic heterocycles. The maximum absolute atomic E-state index is 13.1. The number of alkyl halides is 1. The first-order chi connectivity index (χ1) is 12.9. The molecule has 3 amide bonds. The fraction of sp³-hybridized carbons (Fsp3) is 0.778. The van der Waals surface area contributed by atoms with Gasteiger partial charge < -0.3 is 19.9 Å². The summed E-state index contributed by atoms with van der Waals surface area (Å²) in [7, 11) is 1.26. The van der Waals surface area contributed by atoms with E-state index in [9.17, 15) is 19.2 Å². The molecule has 2 heterocycles. The number of amides is 3. The summed E-state index contributed by atoms with van der Waals surface area (Å²) < 4.78 is 4.62. The number of likely N-dealkylation sites (tertiary alicyclic amines) is 2. The van der Waals surface area contributed by atoms with E-state index in [0.29, 0.717) is 51.1 Å². The van der Waals surface area contributed by atoms with Gasteiger partial charge in [0.15, 0.2) is 0 Å². The summed E-state index contributed by atoms with van der Waals surface area (Å²) in [5.41, 5.74) is 0. The topological polar surface area (TPSA) is 96.0 Å². The quantitative estimate of drug-likeness (QED) is 0.499. The van der Waals surface area contributed by atoms with Crippen LogP contribution >= 0.6 is 11.6 Å². The number of hydrogen-bond donors (Lipinski definition) is 1. The molecular formula is C18H28ClN3O5.